The molecule has 8 rings (SSSR count). The van der Waals surface area contributed by atoms with E-state index in [0.29, 0.717) is 47.3 Å². The highest BCUT2D eigenvalue weighted by atomic mass is 16.3. The molecule has 2 aliphatic rings. The summed E-state index contributed by atoms with van der Waals surface area (Å²) in [7, 11) is 0. The summed E-state index contributed by atoms with van der Waals surface area (Å²) in [6, 6.07) is 18.6. The fraction of sp³-hybridized carbons (Fsp3) is 0.316. The number of carbonyl (C=O) groups is 2. The highest BCUT2D eigenvalue weighted by molar-refractivity contribution is 6.09. The van der Waals surface area contributed by atoms with Crippen LogP contribution in [0.25, 0.3) is 44.3 Å². The number of nitrogens with zero attached hydrogens (tertiary/aromatic N) is 7. The van der Waals surface area contributed by atoms with Crippen LogP contribution >= 0.6 is 0 Å². The number of phenolic OH excluding ortho intramolecular Hbond substituents is 1. The maximum atomic E-state index is 12.8. The van der Waals surface area contributed by atoms with E-state index in [1.165, 1.54) is 5.56 Å². The second-order valence-electron chi connectivity index (χ2n) is 13.7. The molecule has 260 valence electrons. The van der Waals surface area contributed by atoms with Crippen LogP contribution in [0.1, 0.15) is 43.7 Å². The Morgan fingerprint density at radius 1 is 0.922 bits per heavy atom. The molecule has 0 spiro atoms. The van der Waals surface area contributed by atoms with Crippen LogP contribution in [0.2, 0.25) is 0 Å². The summed E-state index contributed by atoms with van der Waals surface area (Å²) in [6.45, 7) is 3.97. The molecule has 0 bridgehead atoms. The van der Waals surface area contributed by atoms with Crippen molar-refractivity contribution in [2.24, 2.45) is 5.92 Å². The van der Waals surface area contributed by atoms with Gasteiger partial charge in [0.25, 0.3) is 0 Å². The summed E-state index contributed by atoms with van der Waals surface area (Å²) >= 11 is 0. The number of aromatic nitrogens is 6. The van der Waals surface area contributed by atoms with E-state index in [-0.39, 0.29) is 17.6 Å². The number of nitrogens with two attached hydrogens (primary N) is 2. The Morgan fingerprint density at radius 2 is 1.76 bits per heavy atom. The number of phenols is 1. The Bertz CT molecular complexity index is 2270. The highest BCUT2D eigenvalue weighted by Gasteiger charge is 2.31. The minimum atomic E-state index is -0.511. The van der Waals surface area contributed by atoms with Gasteiger partial charge in [0.2, 0.25) is 11.8 Å². The predicted octanol–water partition coefficient (Wildman–Crippen LogP) is 4.70. The summed E-state index contributed by atoms with van der Waals surface area (Å²) in [6.07, 6.45) is 8.75. The zero-order valence-electron chi connectivity index (χ0n) is 28.2. The van der Waals surface area contributed by atoms with Gasteiger partial charge >= 0.3 is 0 Å². The first-order chi connectivity index (χ1) is 24.8. The average Bonchev–Trinajstić information content (AvgIpc) is 3.71. The lowest BCUT2D eigenvalue weighted by Gasteiger charge is -2.31. The fourth-order valence-corrected chi connectivity index (χ4v) is 7.60. The van der Waals surface area contributed by atoms with Crippen molar-refractivity contribution in [2.45, 2.75) is 51.1 Å². The monoisotopic (exact) mass is 684 g/mol. The van der Waals surface area contributed by atoms with Gasteiger partial charge in [-0.1, -0.05) is 18.2 Å². The van der Waals surface area contributed by atoms with Crippen molar-refractivity contribution in [3.8, 4) is 28.1 Å². The predicted molar refractivity (Wildman–Crippen MR) is 195 cm³/mol. The normalized spacial score (nSPS) is 17.4. The molecule has 2 amide bonds. The quantitative estimate of drug-likeness (QED) is 0.156. The van der Waals surface area contributed by atoms with Crippen LogP contribution in [0, 0.1) is 5.92 Å². The number of rotatable bonds is 9. The molecule has 1 unspecified atom stereocenters. The Morgan fingerprint density at radius 3 is 2.59 bits per heavy atom. The maximum absolute atomic E-state index is 12.8. The summed E-state index contributed by atoms with van der Waals surface area (Å²) in [5, 5.41) is 27.7. The first kappa shape index (κ1) is 32.4. The molecule has 0 saturated carbocycles. The number of likely N-dealkylation sites (tertiary alicyclic amines) is 1. The molecular weight excluding hydrogens is 644 g/mol. The number of hydrogen-bond acceptors (Lipinski definition) is 10. The van der Waals surface area contributed by atoms with Crippen LogP contribution in [0.15, 0.2) is 73.1 Å². The molecule has 6 aromatic rings. The number of para-hydroxylation sites is 1. The van der Waals surface area contributed by atoms with E-state index in [4.69, 9.17) is 11.5 Å². The molecule has 6 heterocycles. The van der Waals surface area contributed by atoms with Gasteiger partial charge < -0.3 is 26.0 Å². The van der Waals surface area contributed by atoms with E-state index < -0.39 is 6.04 Å². The molecular formula is C38H40N10O3. The SMILES string of the molecule is Nc1ccc2c3cc(CCCN4CCC(Cn5cc(-c6cc(-c7ccccc7O)nnc6N)cn5)CC4)ccc3n(C3CCC(=O)NC3=O)c2n1. The van der Waals surface area contributed by atoms with E-state index in [1.54, 1.807) is 24.3 Å². The van der Waals surface area contributed by atoms with Gasteiger partial charge in [-0.05, 0) is 106 Å². The van der Waals surface area contributed by atoms with E-state index in [0.717, 1.165) is 79.3 Å². The zero-order valence-corrected chi connectivity index (χ0v) is 28.2. The number of carbonyl (C=O) groups excluding carboxylic acids is 2. The van der Waals surface area contributed by atoms with Gasteiger partial charge in [0, 0.05) is 46.6 Å². The number of amides is 2. The van der Waals surface area contributed by atoms with E-state index in [9.17, 15) is 14.7 Å². The second kappa shape index (κ2) is 13.5. The number of pyridine rings is 1. The number of benzene rings is 2. The van der Waals surface area contributed by atoms with Gasteiger partial charge in [-0.15, -0.1) is 10.2 Å². The average molecular weight is 685 g/mol. The first-order valence-electron chi connectivity index (χ1n) is 17.5. The number of aryl methyl sites for hydroxylation is 1. The van der Waals surface area contributed by atoms with Crippen molar-refractivity contribution in [3.63, 3.8) is 0 Å². The molecule has 4 aromatic heterocycles. The highest BCUT2D eigenvalue weighted by Crippen LogP contribution is 2.35. The number of anilines is 2. The maximum Gasteiger partial charge on any atom is 0.249 e. The Hall–Kier alpha value is -5.82. The molecule has 1 atom stereocenters. The molecule has 13 heteroatoms. The van der Waals surface area contributed by atoms with Gasteiger partial charge in [0.15, 0.2) is 5.82 Å². The molecule has 2 fully saturated rings. The van der Waals surface area contributed by atoms with Crippen molar-refractivity contribution in [1.82, 2.24) is 39.7 Å². The minimum Gasteiger partial charge on any atom is -0.507 e. The van der Waals surface area contributed by atoms with Crippen LogP contribution in [-0.4, -0.2) is 71.0 Å². The van der Waals surface area contributed by atoms with Crippen molar-refractivity contribution in [2.75, 3.05) is 31.1 Å². The van der Waals surface area contributed by atoms with Crippen LogP contribution in [0.3, 0.4) is 0 Å². The van der Waals surface area contributed by atoms with E-state index in [1.807, 2.05) is 39.8 Å². The number of aromatic hydroxyl groups is 1. The molecule has 2 aromatic carbocycles. The Labute approximate surface area is 294 Å². The molecule has 13 nitrogen and oxygen atoms in total. The third-order valence-electron chi connectivity index (χ3n) is 10.3. The number of piperidine rings is 2. The zero-order chi connectivity index (χ0) is 35.1. The van der Waals surface area contributed by atoms with Gasteiger partial charge in [0.1, 0.15) is 23.3 Å². The van der Waals surface area contributed by atoms with Crippen molar-refractivity contribution >= 4 is 45.4 Å². The third-order valence-corrected chi connectivity index (χ3v) is 10.3. The van der Waals surface area contributed by atoms with Crippen molar-refractivity contribution in [1.29, 1.82) is 0 Å². The van der Waals surface area contributed by atoms with Gasteiger partial charge in [-0.3, -0.25) is 19.6 Å². The standard InChI is InChI=1S/C38H40N10O3/c39-34-11-8-26-29-18-23(7-9-31(29)48(37(26)42-34)32-10-12-35(50)43-38(32)51)4-3-15-46-16-13-24(14-17-46)21-47-22-25(20-41-47)28-19-30(44-45-36(28)40)27-5-1-2-6-33(27)49/h1-2,5-9,11,18-20,22,24,32,49H,3-4,10,12-17,21H2,(H2,39,42)(H2,40,45)(H,43,50,51). The van der Waals surface area contributed by atoms with E-state index in [2.05, 4.69) is 48.7 Å². The summed E-state index contributed by atoms with van der Waals surface area (Å²) in [5.74, 6) is 0.848. The third kappa shape index (κ3) is 6.47. The van der Waals surface area contributed by atoms with Crippen LogP contribution in [-0.2, 0) is 22.6 Å². The van der Waals surface area contributed by atoms with Gasteiger partial charge in [0.05, 0.1) is 17.4 Å². The Balaban J connectivity index is 0.873. The number of nitrogen functional groups attached to an aromatic ring is 2. The Kier molecular flexibility index (Phi) is 8.56. The topological polar surface area (TPSA) is 183 Å². The largest absolute Gasteiger partial charge is 0.507 e. The molecule has 51 heavy (non-hydrogen) atoms. The number of hydrogen-bond donors (Lipinski definition) is 4. The summed E-state index contributed by atoms with van der Waals surface area (Å²) in [5.41, 5.74) is 17.9. The van der Waals surface area contributed by atoms with Crippen molar-refractivity contribution < 1.29 is 14.7 Å². The summed E-state index contributed by atoms with van der Waals surface area (Å²) in [4.78, 5) is 31.8. The first-order valence-corrected chi connectivity index (χ1v) is 17.5. The lowest BCUT2D eigenvalue weighted by molar-refractivity contribution is -0.135. The lowest BCUT2D eigenvalue weighted by atomic mass is 9.96. The molecule has 0 aliphatic carbocycles. The summed E-state index contributed by atoms with van der Waals surface area (Å²) < 4.78 is 3.94. The molecule has 2 aliphatic heterocycles. The molecule has 0 radical (unpaired) electrons. The molecule has 2 saturated heterocycles. The van der Waals surface area contributed by atoms with Gasteiger partial charge in [-0.2, -0.15) is 5.10 Å². The lowest BCUT2D eigenvalue weighted by Crippen LogP contribution is -2.41. The van der Waals surface area contributed by atoms with Crippen molar-refractivity contribution in [3.05, 3.63) is 78.6 Å². The number of fused-ring (bicyclic) bond motifs is 3. The van der Waals surface area contributed by atoms with Gasteiger partial charge in [-0.25, -0.2) is 4.98 Å². The number of nitrogens with one attached hydrogen (secondary N) is 1. The minimum absolute atomic E-state index is 0.142. The van der Waals surface area contributed by atoms with Crippen LogP contribution in [0.5, 0.6) is 5.75 Å². The van der Waals surface area contributed by atoms with Crippen LogP contribution < -0.4 is 16.8 Å². The smallest absolute Gasteiger partial charge is 0.249 e. The van der Waals surface area contributed by atoms with E-state index >= 15 is 0 Å². The fourth-order valence-electron chi connectivity index (χ4n) is 7.60. The molecule has 6 N–H and O–H groups in total. The number of imide groups is 1. The van der Waals surface area contributed by atoms with Crippen LogP contribution in [0.4, 0.5) is 11.6 Å². The second-order valence-corrected chi connectivity index (χ2v) is 13.7.